The summed E-state index contributed by atoms with van der Waals surface area (Å²) in [6.07, 6.45) is 1.92. The molecular formula is C21H23F3N4O. The van der Waals surface area contributed by atoms with Gasteiger partial charge >= 0.3 is 12.2 Å². The molecule has 1 aromatic carbocycles. The number of alkyl halides is 3. The zero-order chi connectivity index (χ0) is 20.4. The Morgan fingerprint density at radius 3 is 2.66 bits per heavy atom. The minimum absolute atomic E-state index is 0.0523. The van der Waals surface area contributed by atoms with Gasteiger partial charge in [0.1, 0.15) is 0 Å². The first-order chi connectivity index (χ1) is 13.9. The van der Waals surface area contributed by atoms with Crippen LogP contribution < -0.4 is 10.6 Å². The highest BCUT2D eigenvalue weighted by atomic mass is 19.4. The highest BCUT2D eigenvalue weighted by Gasteiger charge is 2.42. The van der Waals surface area contributed by atoms with Gasteiger partial charge in [0, 0.05) is 30.2 Å². The molecule has 4 heterocycles. The smallest absolute Gasteiger partial charge is 0.333 e. The molecule has 8 heteroatoms. The van der Waals surface area contributed by atoms with Crippen molar-refractivity contribution in [2.75, 3.05) is 18.4 Å². The standard InChI is InChI=1S/C21H23F3N4O/c22-21(23,24)16-4-1-5-17(12-16)26-20(29)27-19-15-6-9-28(10-7-15)18(19)11-14-3-2-8-25-13-14/h1-5,8,12-13,15,18-19H,6-7,9-11H2,(H2,26,27,29)/t18-,19+/m0/s1. The van der Waals surface area contributed by atoms with Crippen LogP contribution in [-0.4, -0.2) is 41.1 Å². The van der Waals surface area contributed by atoms with Crippen LogP contribution in [0.2, 0.25) is 0 Å². The van der Waals surface area contributed by atoms with Crippen molar-refractivity contribution in [2.45, 2.75) is 37.5 Å². The Labute approximate surface area is 167 Å². The van der Waals surface area contributed by atoms with E-state index in [0.29, 0.717) is 5.92 Å². The number of anilines is 1. The Bertz CT molecular complexity index is 851. The molecule has 0 radical (unpaired) electrons. The summed E-state index contributed by atoms with van der Waals surface area (Å²) in [6.45, 7) is 2.01. The van der Waals surface area contributed by atoms with E-state index in [2.05, 4.69) is 20.5 Å². The molecule has 2 atom stereocenters. The summed E-state index contributed by atoms with van der Waals surface area (Å²) >= 11 is 0. The molecule has 0 aliphatic carbocycles. The number of aromatic nitrogens is 1. The molecule has 2 aromatic rings. The van der Waals surface area contributed by atoms with Crippen molar-refractivity contribution in [1.82, 2.24) is 15.2 Å². The second-order valence-corrected chi connectivity index (χ2v) is 7.71. The molecule has 0 saturated carbocycles. The third kappa shape index (κ3) is 4.53. The molecule has 29 heavy (non-hydrogen) atoms. The van der Waals surface area contributed by atoms with Crippen molar-refractivity contribution in [3.63, 3.8) is 0 Å². The van der Waals surface area contributed by atoms with Crippen molar-refractivity contribution >= 4 is 11.7 Å². The summed E-state index contributed by atoms with van der Waals surface area (Å²) in [4.78, 5) is 19.1. The number of nitrogens with one attached hydrogen (secondary N) is 2. The van der Waals surface area contributed by atoms with Gasteiger partial charge in [-0.2, -0.15) is 13.2 Å². The lowest BCUT2D eigenvalue weighted by atomic mass is 9.77. The minimum Gasteiger partial charge on any atom is -0.333 e. The average molecular weight is 404 g/mol. The number of halogens is 3. The van der Waals surface area contributed by atoms with Crippen molar-refractivity contribution in [2.24, 2.45) is 5.92 Å². The van der Waals surface area contributed by atoms with E-state index >= 15 is 0 Å². The number of carbonyl (C=O) groups is 1. The summed E-state index contributed by atoms with van der Waals surface area (Å²) in [5, 5.41) is 5.60. The molecule has 1 aromatic heterocycles. The Kier molecular flexibility index (Phi) is 5.45. The van der Waals surface area contributed by atoms with E-state index in [9.17, 15) is 18.0 Å². The average Bonchev–Trinajstić information content (AvgIpc) is 2.71. The van der Waals surface area contributed by atoms with Crippen LogP contribution in [0.25, 0.3) is 0 Å². The second-order valence-electron chi connectivity index (χ2n) is 7.71. The SMILES string of the molecule is O=C(Nc1cccc(C(F)(F)F)c1)N[C@@H]1C2CCN(CC2)[C@H]1Cc1cccnc1. The van der Waals surface area contributed by atoms with E-state index < -0.39 is 17.8 Å². The van der Waals surface area contributed by atoms with Crippen LogP contribution in [0.1, 0.15) is 24.0 Å². The number of piperidine rings is 3. The van der Waals surface area contributed by atoms with E-state index in [-0.39, 0.29) is 17.8 Å². The van der Waals surface area contributed by atoms with Gasteiger partial charge in [-0.15, -0.1) is 0 Å². The van der Waals surface area contributed by atoms with Gasteiger partial charge in [-0.1, -0.05) is 12.1 Å². The molecule has 0 unspecified atom stereocenters. The molecule has 2 amide bonds. The van der Waals surface area contributed by atoms with Crippen molar-refractivity contribution in [3.8, 4) is 0 Å². The van der Waals surface area contributed by atoms with Crippen LogP contribution >= 0.6 is 0 Å². The van der Waals surface area contributed by atoms with Gasteiger partial charge in [-0.05, 0) is 68.1 Å². The number of carbonyl (C=O) groups excluding carboxylic acids is 1. The summed E-state index contributed by atoms with van der Waals surface area (Å²) in [7, 11) is 0. The summed E-state index contributed by atoms with van der Waals surface area (Å²) in [5.41, 5.74) is 0.449. The van der Waals surface area contributed by atoms with Gasteiger partial charge in [0.25, 0.3) is 0 Å². The van der Waals surface area contributed by atoms with Gasteiger partial charge < -0.3 is 10.6 Å². The molecule has 0 spiro atoms. The molecule has 3 saturated heterocycles. The van der Waals surface area contributed by atoms with Crippen LogP contribution in [0, 0.1) is 5.92 Å². The predicted octanol–water partition coefficient (Wildman–Crippen LogP) is 3.93. The van der Waals surface area contributed by atoms with E-state index in [1.165, 1.54) is 12.1 Å². The number of amides is 2. The maximum Gasteiger partial charge on any atom is 0.416 e. The number of rotatable bonds is 4. The van der Waals surface area contributed by atoms with E-state index in [1.807, 2.05) is 18.3 Å². The van der Waals surface area contributed by atoms with Gasteiger partial charge in [-0.25, -0.2) is 4.79 Å². The molecule has 5 rings (SSSR count). The summed E-state index contributed by atoms with van der Waals surface area (Å²) < 4.78 is 38.7. The first-order valence-electron chi connectivity index (χ1n) is 9.78. The number of urea groups is 1. The fourth-order valence-corrected chi connectivity index (χ4v) is 4.47. The first kappa shape index (κ1) is 19.7. The number of hydrogen-bond donors (Lipinski definition) is 2. The van der Waals surface area contributed by atoms with Crippen LogP contribution in [0.15, 0.2) is 48.8 Å². The molecule has 5 nitrogen and oxygen atoms in total. The molecule has 2 N–H and O–H groups in total. The monoisotopic (exact) mass is 404 g/mol. The van der Waals surface area contributed by atoms with Crippen molar-refractivity contribution < 1.29 is 18.0 Å². The third-order valence-electron chi connectivity index (χ3n) is 5.88. The zero-order valence-electron chi connectivity index (χ0n) is 15.8. The topological polar surface area (TPSA) is 57.3 Å². The molecule has 154 valence electrons. The largest absolute Gasteiger partial charge is 0.416 e. The predicted molar refractivity (Wildman–Crippen MR) is 103 cm³/mol. The van der Waals surface area contributed by atoms with Crippen LogP contribution in [0.3, 0.4) is 0 Å². The fraction of sp³-hybridized carbons (Fsp3) is 0.429. The second kappa shape index (κ2) is 8.02. The van der Waals surface area contributed by atoms with Crippen molar-refractivity contribution in [1.29, 1.82) is 0 Å². The number of benzene rings is 1. The van der Waals surface area contributed by atoms with E-state index in [0.717, 1.165) is 50.0 Å². The summed E-state index contributed by atoms with van der Waals surface area (Å²) in [6, 6.07) is 8.23. The fourth-order valence-electron chi connectivity index (χ4n) is 4.47. The summed E-state index contributed by atoms with van der Waals surface area (Å²) in [5.74, 6) is 0.369. The third-order valence-corrected chi connectivity index (χ3v) is 5.88. The Morgan fingerprint density at radius 1 is 1.17 bits per heavy atom. The molecule has 3 fully saturated rings. The zero-order valence-corrected chi connectivity index (χ0v) is 15.8. The molecule has 2 bridgehead atoms. The number of fused-ring (bicyclic) bond motifs is 3. The number of nitrogens with zero attached hydrogens (tertiary/aromatic N) is 2. The highest BCUT2D eigenvalue weighted by molar-refractivity contribution is 5.89. The number of hydrogen-bond acceptors (Lipinski definition) is 3. The molecule has 3 aliphatic heterocycles. The maximum atomic E-state index is 12.9. The maximum absolute atomic E-state index is 12.9. The lowest BCUT2D eigenvalue weighted by Crippen LogP contribution is -2.64. The molecular weight excluding hydrogens is 381 g/mol. The Hall–Kier alpha value is -2.61. The normalized spacial score (nSPS) is 26.2. The minimum atomic E-state index is -4.45. The first-order valence-corrected chi connectivity index (χ1v) is 9.78. The number of pyridine rings is 1. The van der Waals surface area contributed by atoms with Gasteiger partial charge in [0.15, 0.2) is 0 Å². The molecule has 3 aliphatic rings. The van der Waals surface area contributed by atoms with Gasteiger partial charge in [0.2, 0.25) is 0 Å². The lowest BCUT2D eigenvalue weighted by Gasteiger charge is -2.51. The Balaban J connectivity index is 1.46. The van der Waals surface area contributed by atoms with E-state index in [4.69, 9.17) is 0 Å². The van der Waals surface area contributed by atoms with Crippen molar-refractivity contribution in [3.05, 3.63) is 59.9 Å². The highest BCUT2D eigenvalue weighted by Crippen LogP contribution is 2.34. The van der Waals surface area contributed by atoms with Gasteiger partial charge in [-0.3, -0.25) is 9.88 Å². The van der Waals surface area contributed by atoms with Gasteiger partial charge in [0.05, 0.1) is 5.56 Å². The Morgan fingerprint density at radius 2 is 1.97 bits per heavy atom. The van der Waals surface area contributed by atoms with Crippen LogP contribution in [-0.2, 0) is 12.6 Å². The van der Waals surface area contributed by atoms with Crippen LogP contribution in [0.4, 0.5) is 23.7 Å². The van der Waals surface area contributed by atoms with E-state index in [1.54, 1.807) is 6.20 Å². The lowest BCUT2D eigenvalue weighted by molar-refractivity contribution is -0.137. The quantitative estimate of drug-likeness (QED) is 0.812. The van der Waals surface area contributed by atoms with Crippen LogP contribution in [0.5, 0.6) is 0 Å².